The van der Waals surface area contributed by atoms with Crippen LogP contribution in [0.2, 0.25) is 5.02 Å². The molecule has 0 aliphatic carbocycles. The second kappa shape index (κ2) is 5.24. The zero-order valence-electron chi connectivity index (χ0n) is 11.2. The molecule has 0 radical (unpaired) electrons. The first-order chi connectivity index (χ1) is 8.96. The molecule has 100 valence electrons. The summed E-state index contributed by atoms with van der Waals surface area (Å²) in [5.41, 5.74) is 1.54. The number of aryl methyl sites for hydroxylation is 1. The SMILES string of the molecule is CC(C)(C#N)CCn1cc(CO)c2ccc(Cl)cc21. The molecule has 4 heteroatoms. The Bertz CT molecular complexity index is 637. The van der Waals surface area contributed by atoms with Crippen molar-refractivity contribution in [2.24, 2.45) is 5.41 Å². The first-order valence-corrected chi connectivity index (χ1v) is 6.64. The molecular formula is C15H17ClN2O. The highest BCUT2D eigenvalue weighted by Gasteiger charge is 2.17. The maximum absolute atomic E-state index is 9.39. The topological polar surface area (TPSA) is 49.0 Å². The molecule has 0 aliphatic rings. The predicted octanol–water partition coefficient (Wildman–Crippen LogP) is 3.73. The second-order valence-electron chi connectivity index (χ2n) is 5.41. The minimum atomic E-state index is -0.353. The number of aliphatic hydroxyl groups is 1. The van der Waals surface area contributed by atoms with Gasteiger partial charge in [-0.15, -0.1) is 0 Å². The molecule has 1 aromatic carbocycles. The summed E-state index contributed by atoms with van der Waals surface area (Å²) in [7, 11) is 0. The van der Waals surface area contributed by atoms with Crippen LogP contribution in [0.1, 0.15) is 25.8 Å². The van der Waals surface area contributed by atoms with Crippen LogP contribution in [0.3, 0.4) is 0 Å². The first-order valence-electron chi connectivity index (χ1n) is 6.26. The van der Waals surface area contributed by atoms with E-state index >= 15 is 0 Å². The molecule has 2 rings (SSSR count). The molecule has 2 aromatic rings. The Hall–Kier alpha value is -1.50. The number of hydrogen-bond acceptors (Lipinski definition) is 2. The molecule has 1 aromatic heterocycles. The lowest BCUT2D eigenvalue weighted by Crippen LogP contribution is -2.11. The highest BCUT2D eigenvalue weighted by molar-refractivity contribution is 6.31. The van der Waals surface area contributed by atoms with Gasteiger partial charge in [0.2, 0.25) is 0 Å². The summed E-state index contributed by atoms with van der Waals surface area (Å²) < 4.78 is 2.06. The van der Waals surface area contributed by atoms with Crippen LogP contribution in [0.4, 0.5) is 0 Å². The number of aliphatic hydroxyl groups excluding tert-OH is 1. The molecular weight excluding hydrogens is 260 g/mol. The third-order valence-corrected chi connectivity index (χ3v) is 3.61. The van der Waals surface area contributed by atoms with Gasteiger partial charge in [-0.3, -0.25) is 0 Å². The van der Waals surface area contributed by atoms with Crippen molar-refractivity contribution < 1.29 is 5.11 Å². The number of hydrogen-bond donors (Lipinski definition) is 1. The lowest BCUT2D eigenvalue weighted by atomic mass is 9.91. The molecule has 0 spiro atoms. The standard InChI is InChI=1S/C15H17ClN2O/c1-15(2,10-17)5-6-18-8-11(9-19)13-4-3-12(16)7-14(13)18/h3-4,7-8,19H,5-6,9H2,1-2H3. The number of benzene rings is 1. The van der Waals surface area contributed by atoms with Gasteiger partial charge >= 0.3 is 0 Å². The highest BCUT2D eigenvalue weighted by Crippen LogP contribution is 2.27. The maximum atomic E-state index is 9.39. The number of nitrogens with zero attached hydrogens (tertiary/aromatic N) is 2. The maximum Gasteiger partial charge on any atom is 0.0702 e. The zero-order chi connectivity index (χ0) is 14.0. The highest BCUT2D eigenvalue weighted by atomic mass is 35.5. The molecule has 0 atom stereocenters. The van der Waals surface area contributed by atoms with Gasteiger partial charge in [-0.1, -0.05) is 17.7 Å². The van der Waals surface area contributed by atoms with Gasteiger partial charge in [0.1, 0.15) is 0 Å². The number of fused-ring (bicyclic) bond motifs is 1. The Morgan fingerprint density at radius 2 is 2.16 bits per heavy atom. The van der Waals surface area contributed by atoms with Crippen molar-refractivity contribution in [3.8, 4) is 6.07 Å². The third kappa shape index (κ3) is 2.91. The number of rotatable bonds is 4. The van der Waals surface area contributed by atoms with E-state index in [0.717, 1.165) is 29.4 Å². The Morgan fingerprint density at radius 3 is 2.79 bits per heavy atom. The summed E-state index contributed by atoms with van der Waals surface area (Å²) >= 11 is 6.03. The van der Waals surface area contributed by atoms with E-state index in [9.17, 15) is 5.11 Å². The quantitative estimate of drug-likeness (QED) is 0.925. The Kier molecular flexibility index (Phi) is 3.84. The van der Waals surface area contributed by atoms with E-state index in [0.29, 0.717) is 5.02 Å². The van der Waals surface area contributed by atoms with Crippen LogP contribution >= 0.6 is 11.6 Å². The number of aromatic nitrogens is 1. The average Bonchev–Trinajstić information content (AvgIpc) is 2.74. The monoisotopic (exact) mass is 276 g/mol. The Morgan fingerprint density at radius 1 is 1.42 bits per heavy atom. The summed E-state index contributed by atoms with van der Waals surface area (Å²) in [5.74, 6) is 0. The second-order valence-corrected chi connectivity index (χ2v) is 5.85. The van der Waals surface area contributed by atoms with Crippen molar-refractivity contribution in [1.29, 1.82) is 5.26 Å². The van der Waals surface area contributed by atoms with Gasteiger partial charge in [0.05, 0.1) is 18.1 Å². The third-order valence-electron chi connectivity index (χ3n) is 3.38. The van der Waals surface area contributed by atoms with Crippen LogP contribution in [-0.4, -0.2) is 9.67 Å². The lowest BCUT2D eigenvalue weighted by Gasteiger charge is -2.15. The van der Waals surface area contributed by atoms with Gasteiger partial charge in [0.25, 0.3) is 0 Å². The fourth-order valence-electron chi connectivity index (χ4n) is 2.11. The molecule has 0 saturated carbocycles. The van der Waals surface area contributed by atoms with Crippen molar-refractivity contribution in [3.63, 3.8) is 0 Å². The van der Waals surface area contributed by atoms with Crippen LogP contribution < -0.4 is 0 Å². The Balaban J connectivity index is 2.38. The molecule has 0 bridgehead atoms. The molecule has 0 fully saturated rings. The summed E-state index contributed by atoms with van der Waals surface area (Å²) in [6.45, 7) is 4.60. The van der Waals surface area contributed by atoms with Gasteiger partial charge in [0, 0.05) is 34.2 Å². The number of halogens is 1. The van der Waals surface area contributed by atoms with Gasteiger partial charge in [-0.2, -0.15) is 5.26 Å². The van der Waals surface area contributed by atoms with Crippen molar-refractivity contribution in [2.45, 2.75) is 33.4 Å². The number of nitriles is 1. The molecule has 0 amide bonds. The minimum absolute atomic E-state index is 0.00672. The van der Waals surface area contributed by atoms with Gasteiger partial charge in [-0.25, -0.2) is 0 Å². The van der Waals surface area contributed by atoms with E-state index in [1.165, 1.54) is 0 Å². The normalized spacial score (nSPS) is 11.7. The van der Waals surface area contributed by atoms with Crippen molar-refractivity contribution >= 4 is 22.5 Å². The van der Waals surface area contributed by atoms with Crippen molar-refractivity contribution in [3.05, 3.63) is 35.0 Å². The van der Waals surface area contributed by atoms with E-state index < -0.39 is 0 Å². The molecule has 19 heavy (non-hydrogen) atoms. The zero-order valence-corrected chi connectivity index (χ0v) is 11.9. The van der Waals surface area contributed by atoms with Crippen molar-refractivity contribution in [1.82, 2.24) is 4.57 Å². The molecule has 0 unspecified atom stereocenters. The van der Waals surface area contributed by atoms with Crippen LogP contribution in [0.25, 0.3) is 10.9 Å². The average molecular weight is 277 g/mol. The van der Waals surface area contributed by atoms with Gasteiger partial charge < -0.3 is 9.67 Å². The molecule has 0 saturated heterocycles. The fourth-order valence-corrected chi connectivity index (χ4v) is 2.27. The van der Waals surface area contributed by atoms with Crippen LogP contribution in [0, 0.1) is 16.7 Å². The molecule has 1 N–H and O–H groups in total. The minimum Gasteiger partial charge on any atom is -0.392 e. The van der Waals surface area contributed by atoms with Crippen LogP contribution in [-0.2, 0) is 13.2 Å². The summed E-state index contributed by atoms with van der Waals surface area (Å²) in [5, 5.41) is 20.1. The summed E-state index contributed by atoms with van der Waals surface area (Å²) in [4.78, 5) is 0. The predicted molar refractivity (Wildman–Crippen MR) is 76.9 cm³/mol. The first kappa shape index (κ1) is 13.9. The summed E-state index contributed by atoms with van der Waals surface area (Å²) in [6, 6.07) is 7.95. The van der Waals surface area contributed by atoms with E-state index in [4.69, 9.17) is 16.9 Å². The van der Waals surface area contributed by atoms with E-state index in [-0.39, 0.29) is 12.0 Å². The van der Waals surface area contributed by atoms with Gasteiger partial charge in [0.15, 0.2) is 0 Å². The van der Waals surface area contributed by atoms with Crippen molar-refractivity contribution in [2.75, 3.05) is 0 Å². The van der Waals surface area contributed by atoms with Gasteiger partial charge in [-0.05, 0) is 32.4 Å². The Labute approximate surface area is 118 Å². The van der Waals surface area contributed by atoms with E-state index in [2.05, 4.69) is 10.6 Å². The lowest BCUT2D eigenvalue weighted by molar-refractivity contribution is 0.283. The molecule has 3 nitrogen and oxygen atoms in total. The smallest absolute Gasteiger partial charge is 0.0702 e. The molecule has 1 heterocycles. The van der Waals surface area contributed by atoms with Crippen LogP contribution in [0.5, 0.6) is 0 Å². The fraction of sp³-hybridized carbons (Fsp3) is 0.400. The van der Waals surface area contributed by atoms with E-state index in [1.54, 1.807) is 0 Å². The molecule has 0 aliphatic heterocycles. The summed E-state index contributed by atoms with van der Waals surface area (Å²) in [6.07, 6.45) is 2.69. The van der Waals surface area contributed by atoms with E-state index in [1.807, 2.05) is 38.2 Å². The largest absolute Gasteiger partial charge is 0.392 e. The van der Waals surface area contributed by atoms with Crippen LogP contribution in [0.15, 0.2) is 24.4 Å².